The normalized spacial score (nSPS) is 13.7. The third-order valence-electron chi connectivity index (χ3n) is 4.51. The van der Waals surface area contributed by atoms with Gasteiger partial charge in [-0.3, -0.25) is 20.2 Å². The van der Waals surface area contributed by atoms with Gasteiger partial charge in [0.25, 0.3) is 11.6 Å². The van der Waals surface area contributed by atoms with Crippen molar-refractivity contribution in [1.82, 2.24) is 5.32 Å². The molecule has 146 valence electrons. The first-order chi connectivity index (χ1) is 13.5. The molecule has 2 N–H and O–H groups in total. The number of piperidine rings is 1. The van der Waals surface area contributed by atoms with Crippen LogP contribution in [0.2, 0.25) is 0 Å². The molecule has 9 heteroatoms. The first kappa shape index (κ1) is 20.1. The van der Waals surface area contributed by atoms with Crippen LogP contribution in [0.4, 0.5) is 17.1 Å². The molecule has 1 aliphatic rings. The van der Waals surface area contributed by atoms with Gasteiger partial charge in [-0.1, -0.05) is 12.1 Å². The summed E-state index contributed by atoms with van der Waals surface area (Å²) >= 11 is 9.48. The standard InChI is InChI=1S/C19H20N4O3S2/c24-18(21-19(28)20-14-6-2-3-7-17(14)27)13-8-9-15(16(12-13)23(25)26)22-10-4-1-5-11-22/h2-3,6-9,12,27H,1,4-5,10-11H2,(H2,20,21,24,28). The Kier molecular flexibility index (Phi) is 6.48. The summed E-state index contributed by atoms with van der Waals surface area (Å²) in [5, 5.41) is 17.1. The lowest BCUT2D eigenvalue weighted by Crippen LogP contribution is -2.34. The van der Waals surface area contributed by atoms with Crippen molar-refractivity contribution in [2.24, 2.45) is 0 Å². The molecule has 28 heavy (non-hydrogen) atoms. The number of thiol groups is 1. The monoisotopic (exact) mass is 416 g/mol. The molecule has 1 aliphatic heterocycles. The minimum atomic E-state index is -0.512. The summed E-state index contributed by atoms with van der Waals surface area (Å²) in [6, 6.07) is 11.7. The topological polar surface area (TPSA) is 87.5 Å². The van der Waals surface area contributed by atoms with E-state index >= 15 is 0 Å². The number of carbonyl (C=O) groups is 1. The molecular formula is C19H20N4O3S2. The number of nitrogens with zero attached hydrogens (tertiary/aromatic N) is 2. The van der Waals surface area contributed by atoms with Crippen LogP contribution in [0.15, 0.2) is 47.4 Å². The number of carbonyl (C=O) groups excluding carboxylic acids is 1. The van der Waals surface area contributed by atoms with Gasteiger partial charge in [-0.25, -0.2) is 0 Å². The van der Waals surface area contributed by atoms with Crippen LogP contribution < -0.4 is 15.5 Å². The van der Waals surface area contributed by atoms with E-state index in [1.165, 1.54) is 6.07 Å². The number of nitro groups is 1. The lowest BCUT2D eigenvalue weighted by atomic mass is 10.1. The molecule has 1 amide bonds. The second-order valence-electron chi connectivity index (χ2n) is 6.43. The van der Waals surface area contributed by atoms with E-state index in [9.17, 15) is 14.9 Å². The molecule has 0 radical (unpaired) electrons. The predicted octanol–water partition coefficient (Wildman–Crippen LogP) is 4.00. The molecule has 7 nitrogen and oxygen atoms in total. The maximum absolute atomic E-state index is 12.5. The summed E-state index contributed by atoms with van der Waals surface area (Å²) in [6.45, 7) is 1.56. The van der Waals surface area contributed by atoms with Crippen molar-refractivity contribution in [3.63, 3.8) is 0 Å². The molecule has 0 bridgehead atoms. The Morgan fingerprint density at radius 3 is 2.54 bits per heavy atom. The van der Waals surface area contributed by atoms with E-state index in [4.69, 9.17) is 12.2 Å². The summed E-state index contributed by atoms with van der Waals surface area (Å²) < 4.78 is 0. The summed E-state index contributed by atoms with van der Waals surface area (Å²) in [4.78, 5) is 26.3. The molecule has 0 atom stereocenters. The molecule has 0 aromatic heterocycles. The summed E-state index contributed by atoms with van der Waals surface area (Å²) in [5.74, 6) is -0.512. The van der Waals surface area contributed by atoms with E-state index in [-0.39, 0.29) is 16.4 Å². The van der Waals surface area contributed by atoms with Crippen LogP contribution in [0.25, 0.3) is 0 Å². The zero-order valence-electron chi connectivity index (χ0n) is 15.1. The van der Waals surface area contributed by atoms with Gasteiger partial charge in [0.2, 0.25) is 0 Å². The number of amides is 1. The lowest BCUT2D eigenvalue weighted by molar-refractivity contribution is -0.384. The predicted molar refractivity (Wildman–Crippen MR) is 117 cm³/mol. The summed E-state index contributed by atoms with van der Waals surface area (Å²) in [6.07, 6.45) is 3.14. The van der Waals surface area contributed by atoms with Crippen LogP contribution in [0, 0.1) is 10.1 Å². The Bertz CT molecular complexity index is 914. The van der Waals surface area contributed by atoms with Gasteiger partial charge in [-0.15, -0.1) is 12.6 Å². The van der Waals surface area contributed by atoms with E-state index in [0.717, 1.165) is 32.4 Å². The Morgan fingerprint density at radius 1 is 1.14 bits per heavy atom. The maximum atomic E-state index is 12.5. The number of para-hydroxylation sites is 1. The first-order valence-electron chi connectivity index (χ1n) is 8.89. The molecule has 0 aliphatic carbocycles. The highest BCUT2D eigenvalue weighted by Crippen LogP contribution is 2.31. The van der Waals surface area contributed by atoms with E-state index < -0.39 is 10.8 Å². The molecule has 1 heterocycles. The van der Waals surface area contributed by atoms with Gasteiger partial charge < -0.3 is 10.2 Å². The van der Waals surface area contributed by atoms with E-state index in [0.29, 0.717) is 16.3 Å². The Hall–Kier alpha value is -2.65. The molecule has 1 fully saturated rings. The average molecular weight is 417 g/mol. The van der Waals surface area contributed by atoms with Crippen LogP contribution in [0.5, 0.6) is 0 Å². The molecule has 2 aromatic carbocycles. The van der Waals surface area contributed by atoms with Gasteiger partial charge in [0.15, 0.2) is 5.11 Å². The van der Waals surface area contributed by atoms with Crippen LogP contribution >= 0.6 is 24.8 Å². The highest BCUT2D eigenvalue weighted by Gasteiger charge is 2.23. The van der Waals surface area contributed by atoms with Gasteiger partial charge in [-0.05, 0) is 55.7 Å². The molecule has 2 aromatic rings. The van der Waals surface area contributed by atoms with Crippen LogP contribution in [-0.2, 0) is 0 Å². The second-order valence-corrected chi connectivity index (χ2v) is 7.32. The minimum absolute atomic E-state index is 0.0749. The van der Waals surface area contributed by atoms with Gasteiger partial charge in [-0.2, -0.15) is 0 Å². The molecule has 1 saturated heterocycles. The van der Waals surface area contributed by atoms with Crippen LogP contribution in [-0.4, -0.2) is 29.0 Å². The fraction of sp³-hybridized carbons (Fsp3) is 0.263. The van der Waals surface area contributed by atoms with Gasteiger partial charge >= 0.3 is 0 Å². The van der Waals surface area contributed by atoms with Gasteiger partial charge in [0, 0.05) is 29.6 Å². The smallest absolute Gasteiger partial charge is 0.293 e. The van der Waals surface area contributed by atoms with Crippen molar-refractivity contribution >= 4 is 52.9 Å². The number of anilines is 2. The number of nitro benzene ring substituents is 1. The summed E-state index contributed by atoms with van der Waals surface area (Å²) in [5.41, 5.74) is 1.30. The maximum Gasteiger partial charge on any atom is 0.293 e. The molecule has 3 rings (SSSR count). The zero-order chi connectivity index (χ0) is 20.1. The minimum Gasteiger partial charge on any atom is -0.366 e. The summed E-state index contributed by atoms with van der Waals surface area (Å²) in [7, 11) is 0. The first-order valence-corrected chi connectivity index (χ1v) is 9.75. The van der Waals surface area contributed by atoms with Crippen molar-refractivity contribution in [3.8, 4) is 0 Å². The third-order valence-corrected chi connectivity index (χ3v) is 5.10. The fourth-order valence-corrected chi connectivity index (χ4v) is 3.54. The molecule has 0 saturated carbocycles. The zero-order valence-corrected chi connectivity index (χ0v) is 16.8. The van der Waals surface area contributed by atoms with E-state index in [1.54, 1.807) is 24.3 Å². The number of rotatable bonds is 4. The van der Waals surface area contributed by atoms with E-state index in [1.807, 2.05) is 17.0 Å². The van der Waals surface area contributed by atoms with Gasteiger partial charge in [0.1, 0.15) is 5.69 Å². The number of nitrogens with one attached hydrogen (secondary N) is 2. The van der Waals surface area contributed by atoms with Gasteiger partial charge in [0.05, 0.1) is 10.6 Å². The van der Waals surface area contributed by atoms with Crippen molar-refractivity contribution in [2.75, 3.05) is 23.3 Å². The van der Waals surface area contributed by atoms with Crippen LogP contribution in [0.3, 0.4) is 0 Å². The number of hydrogen-bond acceptors (Lipinski definition) is 6. The third kappa shape index (κ3) is 4.79. The average Bonchev–Trinajstić information content (AvgIpc) is 2.70. The van der Waals surface area contributed by atoms with Crippen molar-refractivity contribution in [2.45, 2.75) is 24.2 Å². The Morgan fingerprint density at radius 2 is 1.86 bits per heavy atom. The van der Waals surface area contributed by atoms with Crippen molar-refractivity contribution < 1.29 is 9.72 Å². The van der Waals surface area contributed by atoms with Crippen molar-refractivity contribution in [1.29, 1.82) is 0 Å². The fourth-order valence-electron chi connectivity index (χ4n) is 3.12. The number of thiocarbonyl (C=S) groups is 1. The largest absolute Gasteiger partial charge is 0.366 e. The van der Waals surface area contributed by atoms with Crippen molar-refractivity contribution in [3.05, 3.63) is 58.1 Å². The molecular weight excluding hydrogens is 396 g/mol. The Labute approximate surface area is 173 Å². The number of benzene rings is 2. The number of hydrogen-bond donors (Lipinski definition) is 3. The highest BCUT2D eigenvalue weighted by atomic mass is 32.1. The quantitative estimate of drug-likeness (QED) is 0.302. The Balaban J connectivity index is 1.74. The lowest BCUT2D eigenvalue weighted by Gasteiger charge is -2.28. The second kappa shape index (κ2) is 9.03. The molecule has 0 unspecified atom stereocenters. The highest BCUT2D eigenvalue weighted by molar-refractivity contribution is 7.81. The van der Waals surface area contributed by atoms with Crippen LogP contribution in [0.1, 0.15) is 29.6 Å². The van der Waals surface area contributed by atoms with E-state index in [2.05, 4.69) is 23.3 Å². The SMILES string of the molecule is O=C(NC(=S)Nc1ccccc1S)c1ccc(N2CCCCC2)c([N+](=O)[O-])c1. The molecule has 0 spiro atoms.